The number of benzene rings is 1. The van der Waals surface area contributed by atoms with Crippen LogP contribution < -0.4 is 5.32 Å². The Labute approximate surface area is 131 Å². The Hall–Kier alpha value is -2.41. The second-order valence-corrected chi connectivity index (χ2v) is 5.63. The molecule has 2 aromatic rings. The summed E-state index contributed by atoms with van der Waals surface area (Å²) in [7, 11) is 0. The van der Waals surface area contributed by atoms with Crippen LogP contribution >= 0.6 is 11.6 Å². The zero-order chi connectivity index (χ0) is 15.9. The normalized spacial score (nSPS) is 21.3. The highest BCUT2D eigenvalue weighted by atomic mass is 35.5. The average Bonchev–Trinajstić information content (AvgIpc) is 2.97. The molecule has 22 heavy (non-hydrogen) atoms. The third-order valence-electron chi connectivity index (χ3n) is 3.56. The lowest BCUT2D eigenvalue weighted by Gasteiger charge is -2.22. The summed E-state index contributed by atoms with van der Waals surface area (Å²) in [5.41, 5.74) is -0.490. The Morgan fingerprint density at radius 1 is 1.32 bits per heavy atom. The molecule has 1 aromatic heterocycles. The molecule has 0 aliphatic carbocycles. The van der Waals surface area contributed by atoms with Crippen LogP contribution in [0.15, 0.2) is 28.8 Å². The zero-order valence-electron chi connectivity index (χ0n) is 12.0. The van der Waals surface area contributed by atoms with Crippen LogP contribution in [0.1, 0.15) is 24.2 Å². The largest absolute Gasteiger partial charge is 0.337 e. The van der Waals surface area contributed by atoms with E-state index in [-0.39, 0.29) is 18.3 Å². The van der Waals surface area contributed by atoms with E-state index in [2.05, 4.69) is 15.5 Å². The van der Waals surface area contributed by atoms with Crippen molar-refractivity contribution in [2.75, 3.05) is 0 Å². The number of amides is 3. The highest BCUT2D eigenvalue weighted by Crippen LogP contribution is 2.30. The number of aromatic nitrogens is 2. The van der Waals surface area contributed by atoms with Crippen LogP contribution in [0.3, 0.4) is 0 Å². The lowest BCUT2D eigenvalue weighted by Crippen LogP contribution is -2.40. The number of urea groups is 1. The third kappa shape index (κ3) is 2.33. The van der Waals surface area contributed by atoms with Gasteiger partial charge in [-0.3, -0.25) is 9.69 Å². The van der Waals surface area contributed by atoms with Gasteiger partial charge in [-0.05, 0) is 31.5 Å². The molecule has 1 saturated heterocycles. The highest BCUT2D eigenvalue weighted by Gasteiger charge is 2.49. The lowest BCUT2D eigenvalue weighted by atomic mass is 9.92. The second-order valence-electron chi connectivity index (χ2n) is 5.19. The maximum atomic E-state index is 12.7. The van der Waals surface area contributed by atoms with Crippen molar-refractivity contribution in [2.24, 2.45) is 0 Å². The molecule has 114 valence electrons. The van der Waals surface area contributed by atoms with Gasteiger partial charge in [0.2, 0.25) is 5.89 Å². The van der Waals surface area contributed by atoms with Crippen molar-refractivity contribution in [1.82, 2.24) is 20.4 Å². The summed E-state index contributed by atoms with van der Waals surface area (Å²) >= 11 is 5.86. The minimum absolute atomic E-state index is 0.0608. The Balaban J connectivity index is 1.88. The smallest absolute Gasteiger partial charge is 0.325 e. The van der Waals surface area contributed by atoms with E-state index >= 15 is 0 Å². The molecule has 0 unspecified atom stereocenters. The first-order valence-electron chi connectivity index (χ1n) is 6.59. The number of hydrogen-bond donors (Lipinski definition) is 1. The molecule has 1 aromatic carbocycles. The van der Waals surface area contributed by atoms with Gasteiger partial charge in [0.15, 0.2) is 5.82 Å². The molecule has 8 heteroatoms. The number of nitrogens with zero attached hydrogens (tertiary/aromatic N) is 3. The molecule has 3 amide bonds. The number of imide groups is 1. The van der Waals surface area contributed by atoms with Gasteiger partial charge in [-0.25, -0.2) is 4.79 Å². The highest BCUT2D eigenvalue weighted by molar-refractivity contribution is 6.30. The van der Waals surface area contributed by atoms with Crippen molar-refractivity contribution in [3.63, 3.8) is 0 Å². The van der Waals surface area contributed by atoms with Crippen LogP contribution in [0.5, 0.6) is 0 Å². The van der Waals surface area contributed by atoms with E-state index in [1.165, 1.54) is 0 Å². The van der Waals surface area contributed by atoms with E-state index in [9.17, 15) is 9.59 Å². The molecule has 1 aliphatic rings. The number of carbonyl (C=O) groups excluding carboxylic acids is 2. The van der Waals surface area contributed by atoms with E-state index in [0.717, 1.165) is 4.90 Å². The molecule has 7 nitrogen and oxygen atoms in total. The molecule has 3 rings (SSSR count). The van der Waals surface area contributed by atoms with Gasteiger partial charge in [0.05, 0.1) is 0 Å². The molecule has 0 spiro atoms. The summed E-state index contributed by atoms with van der Waals surface area (Å²) in [6.45, 7) is 3.25. The lowest BCUT2D eigenvalue weighted by molar-refractivity contribution is -0.131. The summed E-state index contributed by atoms with van der Waals surface area (Å²) in [6.07, 6.45) is 0. The summed E-state index contributed by atoms with van der Waals surface area (Å²) < 4.78 is 4.96. The molecule has 1 N–H and O–H groups in total. The predicted octanol–water partition coefficient (Wildman–Crippen LogP) is 2.00. The number of halogens is 1. The van der Waals surface area contributed by atoms with E-state index in [0.29, 0.717) is 16.4 Å². The van der Waals surface area contributed by atoms with Gasteiger partial charge in [0.1, 0.15) is 12.1 Å². The maximum Gasteiger partial charge on any atom is 0.325 e. The molecule has 0 bridgehead atoms. The first-order chi connectivity index (χ1) is 10.4. The Morgan fingerprint density at radius 3 is 2.59 bits per heavy atom. The summed E-state index contributed by atoms with van der Waals surface area (Å²) in [5, 5.41) is 6.90. The summed E-state index contributed by atoms with van der Waals surface area (Å²) in [5.74, 6) is 0.277. The molecule has 0 saturated carbocycles. The van der Waals surface area contributed by atoms with Crippen LogP contribution in [-0.4, -0.2) is 27.0 Å². The predicted molar refractivity (Wildman–Crippen MR) is 76.9 cm³/mol. The van der Waals surface area contributed by atoms with Crippen molar-refractivity contribution in [1.29, 1.82) is 0 Å². The van der Waals surface area contributed by atoms with Crippen molar-refractivity contribution in [2.45, 2.75) is 25.9 Å². The van der Waals surface area contributed by atoms with E-state index in [1.807, 2.05) is 0 Å². The zero-order valence-corrected chi connectivity index (χ0v) is 12.7. The Morgan fingerprint density at radius 2 is 2.00 bits per heavy atom. The topological polar surface area (TPSA) is 88.3 Å². The Bertz CT molecular complexity index is 743. The van der Waals surface area contributed by atoms with Gasteiger partial charge in [-0.1, -0.05) is 28.9 Å². The molecule has 2 heterocycles. The first kappa shape index (κ1) is 14.5. The number of rotatable bonds is 3. The van der Waals surface area contributed by atoms with Crippen molar-refractivity contribution in [3.8, 4) is 0 Å². The minimum atomic E-state index is -1.14. The summed E-state index contributed by atoms with van der Waals surface area (Å²) in [4.78, 5) is 29.8. The van der Waals surface area contributed by atoms with Gasteiger partial charge < -0.3 is 9.84 Å². The van der Waals surface area contributed by atoms with Gasteiger partial charge in [0.25, 0.3) is 5.91 Å². The number of carbonyl (C=O) groups is 2. The monoisotopic (exact) mass is 320 g/mol. The van der Waals surface area contributed by atoms with Crippen LogP contribution in [0, 0.1) is 6.92 Å². The summed E-state index contributed by atoms with van der Waals surface area (Å²) in [6, 6.07) is 6.26. The number of nitrogens with one attached hydrogen (secondary N) is 1. The maximum absolute atomic E-state index is 12.7. The molecule has 0 radical (unpaired) electrons. The molecule has 1 aliphatic heterocycles. The van der Waals surface area contributed by atoms with Gasteiger partial charge in [0, 0.05) is 5.02 Å². The van der Waals surface area contributed by atoms with Crippen LogP contribution in [0.2, 0.25) is 5.02 Å². The van der Waals surface area contributed by atoms with Crippen LogP contribution in [0.25, 0.3) is 0 Å². The quantitative estimate of drug-likeness (QED) is 0.874. The van der Waals surface area contributed by atoms with Crippen molar-refractivity contribution in [3.05, 3.63) is 46.6 Å². The van der Waals surface area contributed by atoms with Crippen molar-refractivity contribution < 1.29 is 14.1 Å². The standard InChI is InChI=1S/C14H13ClN4O3/c1-8-16-11(22-18-8)7-19-12(20)14(2,17-13(19)21)9-3-5-10(15)6-4-9/h3-6H,7H2,1-2H3,(H,17,21)/t14-/m1/s1. The van der Waals surface area contributed by atoms with Gasteiger partial charge in [-0.15, -0.1) is 0 Å². The number of aryl methyl sites for hydroxylation is 1. The molecule has 1 fully saturated rings. The second kappa shape index (κ2) is 5.10. The fraction of sp³-hybridized carbons (Fsp3) is 0.286. The van der Waals surface area contributed by atoms with Gasteiger partial charge >= 0.3 is 6.03 Å². The van der Waals surface area contributed by atoms with Crippen molar-refractivity contribution >= 4 is 23.5 Å². The van der Waals surface area contributed by atoms with E-state index in [1.54, 1.807) is 38.1 Å². The van der Waals surface area contributed by atoms with Crippen LogP contribution in [0.4, 0.5) is 4.79 Å². The van der Waals surface area contributed by atoms with Crippen LogP contribution in [-0.2, 0) is 16.9 Å². The minimum Gasteiger partial charge on any atom is -0.337 e. The fourth-order valence-corrected chi connectivity index (χ4v) is 2.48. The molecule has 1 atom stereocenters. The SMILES string of the molecule is Cc1noc(CN2C(=O)N[C@](C)(c3ccc(Cl)cc3)C2=O)n1. The first-order valence-corrected chi connectivity index (χ1v) is 6.97. The molecular formula is C14H13ClN4O3. The number of hydrogen-bond acceptors (Lipinski definition) is 5. The average molecular weight is 321 g/mol. The van der Waals surface area contributed by atoms with Gasteiger partial charge in [-0.2, -0.15) is 4.98 Å². The molecular weight excluding hydrogens is 308 g/mol. The Kier molecular flexibility index (Phi) is 3.37. The third-order valence-corrected chi connectivity index (χ3v) is 3.81. The van der Waals surface area contributed by atoms with E-state index in [4.69, 9.17) is 16.1 Å². The van der Waals surface area contributed by atoms with E-state index < -0.39 is 11.6 Å². The fourth-order valence-electron chi connectivity index (χ4n) is 2.36.